The molecule has 3 rings (SSSR count). The van der Waals surface area contributed by atoms with Gasteiger partial charge in [0, 0.05) is 28.3 Å². The summed E-state index contributed by atoms with van der Waals surface area (Å²) in [4.78, 5) is 11.9. The molecule has 110 valence electrons. The van der Waals surface area contributed by atoms with Crippen LogP contribution in [-0.4, -0.2) is 10.8 Å². The Morgan fingerprint density at radius 2 is 1.86 bits per heavy atom. The number of hydrogen-bond donors (Lipinski definition) is 2. The number of phenols is 1. The predicted molar refractivity (Wildman–Crippen MR) is 86.8 cm³/mol. The van der Waals surface area contributed by atoms with Crippen molar-refractivity contribution >= 4 is 16.7 Å². The van der Waals surface area contributed by atoms with Crippen molar-refractivity contribution in [1.29, 1.82) is 5.41 Å². The molecule has 0 radical (unpaired) electrons. The van der Waals surface area contributed by atoms with Gasteiger partial charge < -0.3 is 14.9 Å². The molecule has 3 aromatic rings. The second-order valence-electron chi connectivity index (χ2n) is 5.24. The highest BCUT2D eigenvalue weighted by Gasteiger charge is 2.16. The summed E-state index contributed by atoms with van der Waals surface area (Å²) in [6, 6.07) is 12.7. The van der Waals surface area contributed by atoms with Crippen LogP contribution in [0.5, 0.6) is 5.75 Å². The number of rotatable bonds is 2. The van der Waals surface area contributed by atoms with E-state index in [9.17, 15) is 9.90 Å². The second-order valence-corrected chi connectivity index (χ2v) is 5.24. The zero-order valence-electron chi connectivity index (χ0n) is 12.3. The summed E-state index contributed by atoms with van der Waals surface area (Å²) in [5.74, 6) is -0.0200. The highest BCUT2D eigenvalue weighted by molar-refractivity contribution is 6.06. The molecule has 0 saturated heterocycles. The molecular weight excluding hydrogens is 278 g/mol. The van der Waals surface area contributed by atoms with Crippen LogP contribution in [0.2, 0.25) is 0 Å². The summed E-state index contributed by atoms with van der Waals surface area (Å²) in [6.45, 7) is 3.30. The fourth-order valence-corrected chi connectivity index (χ4v) is 2.59. The third-order valence-corrected chi connectivity index (χ3v) is 3.73. The molecular formula is C18H15NO3. The van der Waals surface area contributed by atoms with Crippen molar-refractivity contribution in [2.45, 2.75) is 13.8 Å². The molecule has 4 heteroatoms. The molecule has 0 amide bonds. The van der Waals surface area contributed by atoms with Crippen LogP contribution in [0, 0.1) is 12.3 Å². The average Bonchev–Trinajstić information content (AvgIpc) is 2.51. The Kier molecular flexibility index (Phi) is 3.29. The lowest BCUT2D eigenvalue weighted by molar-refractivity contribution is 0.467. The fourth-order valence-electron chi connectivity index (χ4n) is 2.59. The van der Waals surface area contributed by atoms with Gasteiger partial charge in [0.15, 0.2) is 0 Å². The molecule has 1 aromatic heterocycles. The molecule has 2 N–H and O–H groups in total. The summed E-state index contributed by atoms with van der Waals surface area (Å²) >= 11 is 0. The summed E-state index contributed by atoms with van der Waals surface area (Å²) in [7, 11) is 0. The Bertz CT molecular complexity index is 940. The van der Waals surface area contributed by atoms with Crippen LogP contribution in [0.3, 0.4) is 0 Å². The fraction of sp³-hybridized carbons (Fsp3) is 0.111. The first-order valence-electron chi connectivity index (χ1n) is 6.90. The SMILES string of the molecule is CC(=N)c1cc2c(-c3ccccc3)cc(=O)oc2c(C)c1O. The molecule has 0 aliphatic carbocycles. The largest absolute Gasteiger partial charge is 0.507 e. The van der Waals surface area contributed by atoms with Gasteiger partial charge in [-0.25, -0.2) is 4.79 Å². The van der Waals surface area contributed by atoms with E-state index in [1.807, 2.05) is 30.3 Å². The van der Waals surface area contributed by atoms with E-state index in [0.717, 1.165) is 11.1 Å². The predicted octanol–water partition coefficient (Wildman–Crippen LogP) is 3.86. The number of fused-ring (bicyclic) bond motifs is 1. The van der Waals surface area contributed by atoms with E-state index in [0.29, 0.717) is 22.1 Å². The minimum Gasteiger partial charge on any atom is -0.507 e. The second kappa shape index (κ2) is 5.15. The maximum Gasteiger partial charge on any atom is 0.336 e. The lowest BCUT2D eigenvalue weighted by atomic mass is 9.96. The molecule has 0 saturated carbocycles. The van der Waals surface area contributed by atoms with Gasteiger partial charge in [-0.15, -0.1) is 0 Å². The van der Waals surface area contributed by atoms with E-state index in [1.54, 1.807) is 19.9 Å². The summed E-state index contributed by atoms with van der Waals surface area (Å²) < 4.78 is 5.28. The molecule has 1 heterocycles. The molecule has 0 unspecified atom stereocenters. The Balaban J connectivity index is 2.48. The van der Waals surface area contributed by atoms with Crippen molar-refractivity contribution in [3.05, 3.63) is 64.0 Å². The number of phenolic OH excluding ortho intramolecular Hbond substituents is 1. The van der Waals surface area contributed by atoms with Gasteiger partial charge in [0.25, 0.3) is 0 Å². The minimum absolute atomic E-state index is 0.0200. The lowest BCUT2D eigenvalue weighted by Crippen LogP contribution is -2.02. The van der Waals surface area contributed by atoms with Gasteiger partial charge in [-0.1, -0.05) is 30.3 Å². The summed E-state index contributed by atoms with van der Waals surface area (Å²) in [6.07, 6.45) is 0. The van der Waals surface area contributed by atoms with Crippen molar-refractivity contribution in [2.75, 3.05) is 0 Å². The quantitative estimate of drug-likeness (QED) is 0.556. The first kappa shape index (κ1) is 14.1. The van der Waals surface area contributed by atoms with Crippen LogP contribution < -0.4 is 5.63 Å². The Morgan fingerprint density at radius 3 is 2.50 bits per heavy atom. The third-order valence-electron chi connectivity index (χ3n) is 3.73. The van der Waals surface area contributed by atoms with Crippen LogP contribution in [0.4, 0.5) is 0 Å². The van der Waals surface area contributed by atoms with Gasteiger partial charge in [0.2, 0.25) is 0 Å². The van der Waals surface area contributed by atoms with E-state index in [-0.39, 0.29) is 11.5 Å². The van der Waals surface area contributed by atoms with Gasteiger partial charge in [-0.3, -0.25) is 0 Å². The van der Waals surface area contributed by atoms with E-state index in [4.69, 9.17) is 9.83 Å². The van der Waals surface area contributed by atoms with E-state index >= 15 is 0 Å². The van der Waals surface area contributed by atoms with Gasteiger partial charge in [-0.2, -0.15) is 0 Å². The number of aromatic hydroxyl groups is 1. The summed E-state index contributed by atoms with van der Waals surface area (Å²) in [5.41, 5.74) is 2.68. The van der Waals surface area contributed by atoms with Crippen molar-refractivity contribution < 1.29 is 9.52 Å². The maximum absolute atomic E-state index is 11.9. The molecule has 0 aliphatic heterocycles. The van der Waals surface area contributed by atoms with Crippen LogP contribution in [0.25, 0.3) is 22.1 Å². The Hall–Kier alpha value is -2.88. The average molecular weight is 293 g/mol. The highest BCUT2D eigenvalue weighted by atomic mass is 16.4. The molecule has 0 bridgehead atoms. The van der Waals surface area contributed by atoms with Crippen molar-refractivity contribution in [2.24, 2.45) is 0 Å². The number of aryl methyl sites for hydroxylation is 1. The summed E-state index contributed by atoms with van der Waals surface area (Å²) in [5, 5.41) is 18.7. The van der Waals surface area contributed by atoms with Crippen LogP contribution in [0.1, 0.15) is 18.1 Å². The van der Waals surface area contributed by atoms with Crippen molar-refractivity contribution in [1.82, 2.24) is 0 Å². The minimum atomic E-state index is -0.465. The lowest BCUT2D eigenvalue weighted by Gasteiger charge is -2.12. The topological polar surface area (TPSA) is 74.3 Å². The monoisotopic (exact) mass is 293 g/mol. The third kappa shape index (κ3) is 2.19. The first-order valence-corrected chi connectivity index (χ1v) is 6.90. The van der Waals surface area contributed by atoms with E-state index in [1.165, 1.54) is 6.07 Å². The van der Waals surface area contributed by atoms with Crippen molar-refractivity contribution in [3.8, 4) is 16.9 Å². The number of benzene rings is 2. The number of nitrogens with one attached hydrogen (secondary N) is 1. The van der Waals surface area contributed by atoms with E-state index < -0.39 is 5.63 Å². The van der Waals surface area contributed by atoms with Crippen LogP contribution >= 0.6 is 0 Å². The molecule has 0 aliphatic rings. The Labute approximate surface area is 127 Å². The molecule has 22 heavy (non-hydrogen) atoms. The number of hydrogen-bond acceptors (Lipinski definition) is 4. The first-order chi connectivity index (χ1) is 10.5. The zero-order valence-corrected chi connectivity index (χ0v) is 12.3. The van der Waals surface area contributed by atoms with Crippen LogP contribution in [0.15, 0.2) is 51.7 Å². The van der Waals surface area contributed by atoms with Crippen molar-refractivity contribution in [3.63, 3.8) is 0 Å². The molecule has 0 spiro atoms. The van der Waals surface area contributed by atoms with E-state index in [2.05, 4.69) is 0 Å². The van der Waals surface area contributed by atoms with Gasteiger partial charge >= 0.3 is 5.63 Å². The van der Waals surface area contributed by atoms with Gasteiger partial charge in [-0.05, 0) is 31.0 Å². The van der Waals surface area contributed by atoms with Gasteiger partial charge in [0.1, 0.15) is 11.3 Å². The standard InChI is InChI=1S/C18H15NO3/c1-10-17(21)13(11(2)19)8-15-14(9-16(20)22-18(10)15)12-6-4-3-5-7-12/h3-9,19,21H,1-2H3. The molecule has 0 fully saturated rings. The zero-order chi connectivity index (χ0) is 15.9. The highest BCUT2D eigenvalue weighted by Crippen LogP contribution is 2.35. The van der Waals surface area contributed by atoms with Crippen LogP contribution in [-0.2, 0) is 0 Å². The smallest absolute Gasteiger partial charge is 0.336 e. The normalized spacial score (nSPS) is 10.8. The van der Waals surface area contributed by atoms with Gasteiger partial charge in [0.05, 0.1) is 0 Å². The Morgan fingerprint density at radius 1 is 1.18 bits per heavy atom. The maximum atomic E-state index is 11.9. The molecule has 4 nitrogen and oxygen atoms in total. The molecule has 0 atom stereocenters. The molecule has 2 aromatic carbocycles.